The van der Waals surface area contributed by atoms with Crippen LogP contribution in [0, 0.1) is 11.6 Å². The summed E-state index contributed by atoms with van der Waals surface area (Å²) in [5.74, 6) is -3.94. The van der Waals surface area contributed by atoms with Gasteiger partial charge in [0.2, 0.25) is 5.09 Å². The summed E-state index contributed by atoms with van der Waals surface area (Å²) in [5, 5.41) is 8.96. The van der Waals surface area contributed by atoms with E-state index in [1.807, 2.05) is 0 Å². The summed E-state index contributed by atoms with van der Waals surface area (Å²) in [5.41, 5.74) is -0.201. The molecule has 0 aliphatic carbocycles. The number of rotatable bonds is 6. The molecule has 0 spiro atoms. The van der Waals surface area contributed by atoms with E-state index < -0.39 is 38.8 Å². The third kappa shape index (κ3) is 3.25. The minimum absolute atomic E-state index is 0.201. The second-order valence-electron chi connectivity index (χ2n) is 4.55. The number of carboxylic acid groups (broad SMARTS) is 1. The minimum Gasteiger partial charge on any atom is -0.480 e. The van der Waals surface area contributed by atoms with Crippen molar-refractivity contribution in [3.63, 3.8) is 0 Å². The first kappa shape index (κ1) is 17.1. The van der Waals surface area contributed by atoms with E-state index in [1.54, 1.807) is 0 Å². The molecule has 0 aliphatic rings. The maximum Gasteiger partial charge on any atom is 0.326 e. The fraction of sp³-hybridized carbons (Fsp3) is 0.214. The maximum absolute atomic E-state index is 13.4. The van der Waals surface area contributed by atoms with Crippen molar-refractivity contribution in [2.24, 2.45) is 0 Å². The molecule has 9 heteroatoms. The average molecular weight is 345 g/mol. The molecule has 0 fully saturated rings. The summed E-state index contributed by atoms with van der Waals surface area (Å²) in [6, 6.07) is 3.22. The molecule has 1 heterocycles. The van der Waals surface area contributed by atoms with Crippen LogP contribution in [0.25, 0.3) is 0 Å². The van der Waals surface area contributed by atoms with Gasteiger partial charge in [0.1, 0.15) is 6.04 Å². The molecular weight excluding hydrogens is 332 g/mol. The fourth-order valence-electron chi connectivity index (χ4n) is 2.13. The van der Waals surface area contributed by atoms with Gasteiger partial charge in [0, 0.05) is 6.54 Å². The van der Waals surface area contributed by atoms with Crippen LogP contribution in [0.4, 0.5) is 8.78 Å². The van der Waals surface area contributed by atoms with Crippen LogP contribution in [-0.4, -0.2) is 30.3 Å². The molecule has 2 rings (SSSR count). The molecule has 1 unspecified atom stereocenters. The van der Waals surface area contributed by atoms with Gasteiger partial charge < -0.3 is 9.52 Å². The van der Waals surface area contributed by atoms with Gasteiger partial charge in [-0.3, -0.25) is 4.79 Å². The zero-order valence-corrected chi connectivity index (χ0v) is 12.8. The Morgan fingerprint density at radius 3 is 2.48 bits per heavy atom. The van der Waals surface area contributed by atoms with Crippen molar-refractivity contribution in [2.75, 3.05) is 6.54 Å². The van der Waals surface area contributed by atoms with E-state index in [1.165, 1.54) is 19.1 Å². The minimum atomic E-state index is -4.25. The first-order chi connectivity index (χ1) is 10.8. The normalized spacial score (nSPS) is 13.2. The molecule has 0 bridgehead atoms. The van der Waals surface area contributed by atoms with Crippen LogP contribution < -0.4 is 0 Å². The lowest BCUT2D eigenvalue weighted by atomic mass is 10.1. The fourth-order valence-corrected chi connectivity index (χ4v) is 3.62. The van der Waals surface area contributed by atoms with E-state index in [0.29, 0.717) is 10.4 Å². The van der Waals surface area contributed by atoms with Crippen molar-refractivity contribution in [3.8, 4) is 0 Å². The molecule has 23 heavy (non-hydrogen) atoms. The molecule has 2 aromatic rings. The number of hydrogen-bond acceptors (Lipinski definition) is 4. The molecule has 124 valence electrons. The number of aliphatic carboxylic acids is 1. The van der Waals surface area contributed by atoms with Gasteiger partial charge in [-0.1, -0.05) is 13.0 Å². The van der Waals surface area contributed by atoms with Gasteiger partial charge in [-0.05, 0) is 29.8 Å². The van der Waals surface area contributed by atoms with Gasteiger partial charge in [-0.25, -0.2) is 17.2 Å². The summed E-state index contributed by atoms with van der Waals surface area (Å²) in [7, 11) is -4.25. The lowest BCUT2D eigenvalue weighted by Crippen LogP contribution is -2.38. The van der Waals surface area contributed by atoms with E-state index in [4.69, 9.17) is 4.42 Å². The van der Waals surface area contributed by atoms with E-state index in [9.17, 15) is 27.1 Å². The van der Waals surface area contributed by atoms with Crippen molar-refractivity contribution in [1.82, 2.24) is 4.31 Å². The molecule has 1 aromatic heterocycles. The molecule has 6 nitrogen and oxygen atoms in total. The monoisotopic (exact) mass is 345 g/mol. The highest BCUT2D eigenvalue weighted by atomic mass is 32.2. The summed E-state index contributed by atoms with van der Waals surface area (Å²) in [6.45, 7) is 1.22. The van der Waals surface area contributed by atoms with E-state index in [0.717, 1.165) is 18.4 Å². The van der Waals surface area contributed by atoms with E-state index in [2.05, 4.69) is 0 Å². The lowest BCUT2D eigenvalue weighted by Gasteiger charge is -2.26. The van der Waals surface area contributed by atoms with E-state index >= 15 is 0 Å². The molecular formula is C14H13F2NO5S. The Kier molecular flexibility index (Phi) is 4.81. The number of halogens is 2. The number of likely N-dealkylation sites (N-methyl/N-ethyl adjacent to an activating group) is 1. The number of nitrogens with zero attached hydrogens (tertiary/aromatic N) is 1. The topological polar surface area (TPSA) is 87.8 Å². The van der Waals surface area contributed by atoms with Crippen LogP contribution in [0.1, 0.15) is 18.5 Å². The Balaban J connectivity index is 2.54. The van der Waals surface area contributed by atoms with Crippen LogP contribution in [-0.2, 0) is 14.8 Å². The quantitative estimate of drug-likeness (QED) is 0.868. The lowest BCUT2D eigenvalue weighted by molar-refractivity contribution is -0.141. The molecule has 1 N–H and O–H groups in total. The van der Waals surface area contributed by atoms with Crippen LogP contribution in [0.5, 0.6) is 0 Å². The highest BCUT2D eigenvalue weighted by molar-refractivity contribution is 7.89. The van der Waals surface area contributed by atoms with Gasteiger partial charge in [-0.15, -0.1) is 0 Å². The smallest absolute Gasteiger partial charge is 0.326 e. The summed E-state index contributed by atoms with van der Waals surface area (Å²) in [4.78, 5) is 11.6. The van der Waals surface area contributed by atoms with Gasteiger partial charge in [0.05, 0.1) is 6.26 Å². The third-order valence-corrected chi connectivity index (χ3v) is 4.98. The predicted molar refractivity (Wildman–Crippen MR) is 75.0 cm³/mol. The molecule has 0 saturated carbocycles. The first-order valence-corrected chi connectivity index (χ1v) is 7.96. The van der Waals surface area contributed by atoms with Gasteiger partial charge in [-0.2, -0.15) is 4.31 Å². The predicted octanol–water partition coefficient (Wildman–Crippen LogP) is 2.39. The standard InChI is InChI=1S/C14H13F2NO5S/c1-2-17(23(20,21)12-4-3-7-22-12)13(14(18)19)9-5-6-10(15)11(16)8-9/h3-8,13H,2H2,1H3,(H,18,19). The highest BCUT2D eigenvalue weighted by Crippen LogP contribution is 2.29. The van der Waals surface area contributed by atoms with Crippen molar-refractivity contribution in [3.05, 3.63) is 53.8 Å². The van der Waals surface area contributed by atoms with Crippen molar-refractivity contribution < 1.29 is 31.5 Å². The van der Waals surface area contributed by atoms with Crippen LogP contribution in [0.2, 0.25) is 0 Å². The molecule has 1 aromatic carbocycles. The van der Waals surface area contributed by atoms with Gasteiger partial charge in [0.15, 0.2) is 11.6 Å². The largest absolute Gasteiger partial charge is 0.480 e. The summed E-state index contributed by atoms with van der Waals surface area (Å²) >= 11 is 0. The van der Waals surface area contributed by atoms with Crippen molar-refractivity contribution >= 4 is 16.0 Å². The average Bonchev–Trinajstić information content (AvgIpc) is 3.02. The number of sulfonamides is 1. The number of hydrogen-bond donors (Lipinski definition) is 1. The summed E-state index contributed by atoms with van der Waals surface area (Å²) < 4.78 is 56.9. The van der Waals surface area contributed by atoms with Crippen LogP contribution in [0.3, 0.4) is 0 Å². The second kappa shape index (κ2) is 6.47. The molecule has 0 radical (unpaired) electrons. The summed E-state index contributed by atoms with van der Waals surface area (Å²) in [6.07, 6.45) is 1.13. The maximum atomic E-state index is 13.4. The Morgan fingerprint density at radius 2 is 2.00 bits per heavy atom. The number of carbonyl (C=O) groups is 1. The SMILES string of the molecule is CCN(C(C(=O)O)c1ccc(F)c(F)c1)S(=O)(=O)c1ccco1. The zero-order valence-electron chi connectivity index (χ0n) is 11.9. The highest BCUT2D eigenvalue weighted by Gasteiger charge is 2.37. The first-order valence-electron chi connectivity index (χ1n) is 6.52. The Morgan fingerprint density at radius 1 is 1.30 bits per heavy atom. The van der Waals surface area contributed by atoms with Crippen molar-refractivity contribution in [2.45, 2.75) is 18.1 Å². The van der Waals surface area contributed by atoms with Crippen LogP contribution in [0.15, 0.2) is 46.1 Å². The molecule has 0 aliphatic heterocycles. The third-order valence-electron chi connectivity index (χ3n) is 3.15. The molecule has 0 saturated heterocycles. The van der Waals surface area contributed by atoms with Gasteiger partial charge in [0.25, 0.3) is 10.0 Å². The number of carboxylic acids is 1. The number of furan rings is 1. The zero-order chi connectivity index (χ0) is 17.2. The van der Waals surface area contributed by atoms with Gasteiger partial charge >= 0.3 is 5.97 Å². The Labute approximate surface area is 131 Å². The molecule has 0 amide bonds. The Bertz CT molecular complexity index is 805. The van der Waals surface area contributed by atoms with Crippen LogP contribution >= 0.6 is 0 Å². The van der Waals surface area contributed by atoms with E-state index in [-0.39, 0.29) is 12.1 Å². The molecule has 1 atom stereocenters. The Hall–Kier alpha value is -2.26. The van der Waals surface area contributed by atoms with Crippen molar-refractivity contribution in [1.29, 1.82) is 0 Å². The number of benzene rings is 1. The second-order valence-corrected chi connectivity index (χ2v) is 6.38.